The topological polar surface area (TPSA) is 56.1 Å². The van der Waals surface area contributed by atoms with Gasteiger partial charge in [-0.3, -0.25) is 9.48 Å². The fourth-order valence-corrected chi connectivity index (χ4v) is 4.33. The largest absolute Gasteiger partial charge is 0.489 e. The summed E-state index contributed by atoms with van der Waals surface area (Å²) in [6.07, 6.45) is 3.37. The molecule has 5 nitrogen and oxygen atoms in total. The molecule has 0 unspecified atom stereocenters. The molecular weight excluding hydrogens is 465 g/mol. The Hall–Kier alpha value is -2.80. The molecule has 1 N–H and O–H groups in total. The molecule has 0 aliphatic rings. The third-order valence-electron chi connectivity index (χ3n) is 5.00. The highest BCUT2D eigenvalue weighted by Crippen LogP contribution is 2.23. The number of carbonyl (C=O) groups excluding carboxylic acids is 1. The quantitative estimate of drug-likeness (QED) is 0.315. The smallest absolute Gasteiger partial charge is 0.265 e. The standard InChI is InChI=1S/C24H21Cl2N3O2S/c1-15-3-6-21(7-16(15)2)31-13-17-8-23(32-14-17)24(30)28-20-10-27-29(12-20)11-18-4-5-19(25)9-22(18)26/h3-10,12,14H,11,13H2,1-2H3,(H,28,30). The van der Waals surface area contributed by atoms with E-state index < -0.39 is 0 Å². The third kappa shape index (κ3) is 5.51. The van der Waals surface area contributed by atoms with Crippen molar-refractivity contribution >= 4 is 46.1 Å². The number of aromatic nitrogens is 2. The van der Waals surface area contributed by atoms with Crippen molar-refractivity contribution in [1.82, 2.24) is 9.78 Å². The number of carbonyl (C=O) groups is 1. The van der Waals surface area contributed by atoms with Gasteiger partial charge in [-0.05, 0) is 66.2 Å². The molecule has 4 aromatic rings. The highest BCUT2D eigenvalue weighted by molar-refractivity contribution is 7.12. The lowest BCUT2D eigenvalue weighted by Gasteiger charge is -2.07. The second-order valence-electron chi connectivity index (χ2n) is 7.47. The molecule has 0 spiro atoms. The molecule has 4 rings (SSSR count). The van der Waals surface area contributed by atoms with Gasteiger partial charge in [0.15, 0.2) is 0 Å². The number of anilines is 1. The molecule has 0 bridgehead atoms. The molecule has 0 aliphatic heterocycles. The Bertz CT molecular complexity index is 1270. The van der Waals surface area contributed by atoms with Crippen LogP contribution in [0.4, 0.5) is 5.69 Å². The molecule has 8 heteroatoms. The first-order valence-electron chi connectivity index (χ1n) is 9.92. The minimum atomic E-state index is -0.184. The van der Waals surface area contributed by atoms with E-state index in [2.05, 4.69) is 24.3 Å². The van der Waals surface area contributed by atoms with Crippen molar-refractivity contribution in [2.24, 2.45) is 0 Å². The van der Waals surface area contributed by atoms with E-state index in [1.807, 2.05) is 35.7 Å². The molecule has 164 valence electrons. The summed E-state index contributed by atoms with van der Waals surface area (Å²) in [6.45, 7) is 5.01. The number of aryl methyl sites for hydroxylation is 2. The van der Waals surface area contributed by atoms with Gasteiger partial charge in [-0.2, -0.15) is 5.10 Å². The summed E-state index contributed by atoms with van der Waals surface area (Å²) in [5, 5.41) is 10.3. The monoisotopic (exact) mass is 485 g/mol. The Labute approximate surface area is 200 Å². The second kappa shape index (κ2) is 9.77. The van der Waals surface area contributed by atoms with Crippen LogP contribution in [0.5, 0.6) is 5.75 Å². The lowest BCUT2D eigenvalue weighted by molar-refractivity contribution is 0.103. The predicted octanol–water partition coefficient (Wildman–Crippen LogP) is 6.75. The van der Waals surface area contributed by atoms with Crippen LogP contribution in [0.3, 0.4) is 0 Å². The highest BCUT2D eigenvalue weighted by atomic mass is 35.5. The summed E-state index contributed by atoms with van der Waals surface area (Å²) in [5.41, 5.74) is 4.87. The SMILES string of the molecule is Cc1ccc(OCc2csc(C(=O)Nc3cnn(Cc4ccc(Cl)cc4Cl)c3)c2)cc1C. The van der Waals surface area contributed by atoms with E-state index in [-0.39, 0.29) is 5.91 Å². The van der Waals surface area contributed by atoms with Crippen molar-refractivity contribution < 1.29 is 9.53 Å². The molecule has 2 aromatic carbocycles. The number of thiophene rings is 1. The van der Waals surface area contributed by atoms with Crippen LogP contribution in [0.15, 0.2) is 60.2 Å². The van der Waals surface area contributed by atoms with E-state index >= 15 is 0 Å². The van der Waals surface area contributed by atoms with Crippen LogP contribution < -0.4 is 10.1 Å². The van der Waals surface area contributed by atoms with Crippen molar-refractivity contribution in [2.75, 3.05) is 5.32 Å². The van der Waals surface area contributed by atoms with E-state index in [0.717, 1.165) is 16.9 Å². The maximum atomic E-state index is 12.6. The number of nitrogens with zero attached hydrogens (tertiary/aromatic N) is 2. The van der Waals surface area contributed by atoms with E-state index in [4.69, 9.17) is 27.9 Å². The van der Waals surface area contributed by atoms with Gasteiger partial charge in [-0.15, -0.1) is 11.3 Å². The van der Waals surface area contributed by atoms with E-state index in [9.17, 15) is 4.79 Å². The van der Waals surface area contributed by atoms with Gasteiger partial charge in [0.05, 0.1) is 23.3 Å². The molecule has 0 aliphatic carbocycles. The Kier molecular flexibility index (Phi) is 6.84. The predicted molar refractivity (Wildman–Crippen MR) is 130 cm³/mol. The molecule has 0 fully saturated rings. The average molecular weight is 486 g/mol. The van der Waals surface area contributed by atoms with Crippen LogP contribution in [0.2, 0.25) is 10.0 Å². The van der Waals surface area contributed by atoms with Gasteiger partial charge in [-0.25, -0.2) is 0 Å². The molecule has 0 atom stereocenters. The zero-order chi connectivity index (χ0) is 22.7. The number of ether oxygens (including phenoxy) is 1. The normalized spacial score (nSPS) is 10.9. The molecule has 2 aromatic heterocycles. The van der Waals surface area contributed by atoms with Crippen molar-refractivity contribution in [3.63, 3.8) is 0 Å². The minimum absolute atomic E-state index is 0.184. The first-order chi connectivity index (χ1) is 15.4. The van der Waals surface area contributed by atoms with Crippen LogP contribution in [0.25, 0.3) is 0 Å². The number of hydrogen-bond donors (Lipinski definition) is 1. The molecular formula is C24H21Cl2N3O2S. The number of nitrogens with one attached hydrogen (secondary N) is 1. The molecule has 32 heavy (non-hydrogen) atoms. The van der Waals surface area contributed by atoms with Crippen molar-refractivity contribution in [3.05, 3.63) is 97.4 Å². The summed E-state index contributed by atoms with van der Waals surface area (Å²) in [5.74, 6) is 0.634. The summed E-state index contributed by atoms with van der Waals surface area (Å²) in [6, 6.07) is 13.2. The second-order valence-corrected chi connectivity index (χ2v) is 9.23. The maximum absolute atomic E-state index is 12.6. The van der Waals surface area contributed by atoms with Crippen molar-refractivity contribution in [3.8, 4) is 5.75 Å². The summed E-state index contributed by atoms with van der Waals surface area (Å²) >= 11 is 13.6. The van der Waals surface area contributed by atoms with Gasteiger partial charge in [0.25, 0.3) is 5.91 Å². The minimum Gasteiger partial charge on any atom is -0.489 e. The van der Waals surface area contributed by atoms with Crippen LogP contribution in [-0.4, -0.2) is 15.7 Å². The van der Waals surface area contributed by atoms with Gasteiger partial charge in [-0.1, -0.05) is 35.3 Å². The van der Waals surface area contributed by atoms with E-state index in [1.165, 1.54) is 22.5 Å². The lowest BCUT2D eigenvalue weighted by Crippen LogP contribution is -2.09. The van der Waals surface area contributed by atoms with Crippen LogP contribution in [-0.2, 0) is 13.2 Å². The molecule has 0 saturated heterocycles. The van der Waals surface area contributed by atoms with Gasteiger partial charge >= 0.3 is 0 Å². The summed E-state index contributed by atoms with van der Waals surface area (Å²) in [7, 11) is 0. The van der Waals surface area contributed by atoms with Gasteiger partial charge in [0, 0.05) is 21.8 Å². The maximum Gasteiger partial charge on any atom is 0.265 e. The fourth-order valence-electron chi connectivity index (χ4n) is 3.07. The van der Waals surface area contributed by atoms with Crippen LogP contribution in [0, 0.1) is 13.8 Å². The number of hydrogen-bond acceptors (Lipinski definition) is 4. The number of halogens is 2. The van der Waals surface area contributed by atoms with Crippen LogP contribution in [0.1, 0.15) is 31.9 Å². The Balaban J connectivity index is 1.34. The molecule has 1 amide bonds. The van der Waals surface area contributed by atoms with Gasteiger partial charge in [0.2, 0.25) is 0 Å². The first-order valence-corrected chi connectivity index (χ1v) is 11.6. The Morgan fingerprint density at radius 3 is 2.75 bits per heavy atom. The van der Waals surface area contributed by atoms with Crippen molar-refractivity contribution in [1.29, 1.82) is 0 Å². The number of rotatable bonds is 7. The average Bonchev–Trinajstić information content (AvgIpc) is 3.40. The van der Waals surface area contributed by atoms with Gasteiger partial charge in [0.1, 0.15) is 12.4 Å². The zero-order valence-electron chi connectivity index (χ0n) is 17.6. The number of benzene rings is 2. The third-order valence-corrected chi connectivity index (χ3v) is 6.56. The zero-order valence-corrected chi connectivity index (χ0v) is 19.9. The Morgan fingerprint density at radius 1 is 1.12 bits per heavy atom. The highest BCUT2D eigenvalue weighted by Gasteiger charge is 2.12. The number of amides is 1. The fraction of sp³-hybridized carbons (Fsp3) is 0.167. The summed E-state index contributed by atoms with van der Waals surface area (Å²) < 4.78 is 7.57. The first kappa shape index (κ1) is 22.4. The Morgan fingerprint density at radius 2 is 1.97 bits per heavy atom. The lowest BCUT2D eigenvalue weighted by atomic mass is 10.1. The summed E-state index contributed by atoms with van der Waals surface area (Å²) in [4.78, 5) is 13.2. The molecule has 2 heterocycles. The van der Waals surface area contributed by atoms with Gasteiger partial charge < -0.3 is 10.1 Å². The van der Waals surface area contributed by atoms with Crippen molar-refractivity contribution in [2.45, 2.75) is 27.0 Å². The van der Waals surface area contributed by atoms with E-state index in [1.54, 1.807) is 29.2 Å². The van der Waals surface area contributed by atoms with Crippen LogP contribution >= 0.6 is 34.5 Å². The molecule has 0 saturated carbocycles. The molecule has 0 radical (unpaired) electrons. The van der Waals surface area contributed by atoms with E-state index in [0.29, 0.717) is 33.8 Å².